The van der Waals surface area contributed by atoms with Crippen LogP contribution in [0.25, 0.3) is 5.82 Å². The largest absolute Gasteiger partial charge is 0.466 e. The van der Waals surface area contributed by atoms with E-state index in [1.807, 2.05) is 25.1 Å². The molecule has 1 N–H and O–H groups in total. The zero-order valence-electron chi connectivity index (χ0n) is 17.7. The Morgan fingerprint density at radius 1 is 1.34 bits per heavy atom. The molecule has 0 aromatic carbocycles. The van der Waals surface area contributed by atoms with Crippen LogP contribution in [0.4, 0.5) is 0 Å². The van der Waals surface area contributed by atoms with Gasteiger partial charge < -0.3 is 9.73 Å². The number of nitrogens with zero attached hydrogens (tertiary/aromatic N) is 3. The minimum Gasteiger partial charge on any atom is -0.466 e. The van der Waals surface area contributed by atoms with Crippen LogP contribution in [0.1, 0.15) is 79.2 Å². The van der Waals surface area contributed by atoms with Crippen LogP contribution in [0.3, 0.4) is 0 Å². The van der Waals surface area contributed by atoms with Gasteiger partial charge in [0.2, 0.25) is 0 Å². The predicted octanol–water partition coefficient (Wildman–Crippen LogP) is 4.74. The number of carbonyl (C=O) groups excluding carboxylic acids is 1. The van der Waals surface area contributed by atoms with Crippen molar-refractivity contribution in [2.45, 2.75) is 59.4 Å². The van der Waals surface area contributed by atoms with Gasteiger partial charge in [0, 0.05) is 18.2 Å². The fourth-order valence-corrected chi connectivity index (χ4v) is 4.30. The highest BCUT2D eigenvalue weighted by Crippen LogP contribution is 2.42. The number of rotatable bonds is 4. The molecule has 3 aromatic rings. The average Bonchev–Trinajstić information content (AvgIpc) is 3.25. The van der Waals surface area contributed by atoms with Crippen LogP contribution in [-0.2, 0) is 6.42 Å². The minimum atomic E-state index is -0.108. The van der Waals surface area contributed by atoms with Crippen molar-refractivity contribution in [1.82, 2.24) is 20.1 Å². The summed E-state index contributed by atoms with van der Waals surface area (Å²) in [7, 11) is 0. The summed E-state index contributed by atoms with van der Waals surface area (Å²) in [6.07, 6.45) is 5.14. The molecule has 1 unspecified atom stereocenters. The molecule has 3 aromatic heterocycles. The quantitative estimate of drug-likeness (QED) is 0.696. The van der Waals surface area contributed by atoms with Gasteiger partial charge in [-0.2, -0.15) is 5.10 Å². The molecule has 0 spiro atoms. The predicted molar refractivity (Wildman–Crippen MR) is 111 cm³/mol. The lowest BCUT2D eigenvalue weighted by molar-refractivity contribution is 0.0916. The smallest absolute Gasteiger partial charge is 0.255 e. The fraction of sp³-hybridized carbons (Fsp3) is 0.435. The van der Waals surface area contributed by atoms with Gasteiger partial charge in [0.25, 0.3) is 5.91 Å². The molecule has 1 atom stereocenters. The number of hydrogen-bond donors (Lipinski definition) is 1. The molecule has 0 fully saturated rings. The maximum atomic E-state index is 13.3. The lowest BCUT2D eigenvalue weighted by Gasteiger charge is -2.34. The van der Waals surface area contributed by atoms with Gasteiger partial charge in [0.1, 0.15) is 11.5 Å². The SMILES string of the molecule is Cc1cc2c(o1)CC(C)(C)CC2NC(=O)c1cnn(-c2ccccn2)c1C(C)C. The van der Waals surface area contributed by atoms with Crippen LogP contribution in [0.15, 0.2) is 41.1 Å². The van der Waals surface area contributed by atoms with E-state index in [1.165, 1.54) is 0 Å². The van der Waals surface area contributed by atoms with E-state index in [4.69, 9.17) is 4.42 Å². The maximum Gasteiger partial charge on any atom is 0.255 e. The first-order valence-corrected chi connectivity index (χ1v) is 10.1. The van der Waals surface area contributed by atoms with E-state index < -0.39 is 0 Å². The molecule has 1 aliphatic carbocycles. The van der Waals surface area contributed by atoms with Crippen molar-refractivity contribution < 1.29 is 9.21 Å². The number of fused-ring (bicyclic) bond motifs is 1. The number of carbonyl (C=O) groups is 1. The van der Waals surface area contributed by atoms with Gasteiger partial charge in [0.05, 0.1) is 23.5 Å². The second kappa shape index (κ2) is 7.17. The normalized spacial score (nSPS) is 17.9. The van der Waals surface area contributed by atoms with Crippen molar-refractivity contribution in [3.63, 3.8) is 0 Å². The van der Waals surface area contributed by atoms with E-state index >= 15 is 0 Å². The Morgan fingerprint density at radius 3 is 2.83 bits per heavy atom. The molecule has 1 aliphatic rings. The number of aryl methyl sites for hydroxylation is 1. The average molecular weight is 393 g/mol. The molecule has 0 bridgehead atoms. The molecular weight excluding hydrogens is 364 g/mol. The highest BCUT2D eigenvalue weighted by molar-refractivity contribution is 5.95. The molecule has 6 nitrogen and oxygen atoms in total. The molecular formula is C23H28N4O2. The van der Waals surface area contributed by atoms with Crippen LogP contribution in [0, 0.1) is 12.3 Å². The number of furan rings is 1. The van der Waals surface area contributed by atoms with Gasteiger partial charge >= 0.3 is 0 Å². The number of pyridine rings is 1. The van der Waals surface area contributed by atoms with E-state index in [0.29, 0.717) is 11.4 Å². The number of hydrogen-bond acceptors (Lipinski definition) is 4. The molecule has 0 saturated heterocycles. The van der Waals surface area contributed by atoms with Crippen molar-refractivity contribution in [3.05, 3.63) is 65.0 Å². The fourth-order valence-electron chi connectivity index (χ4n) is 4.30. The molecule has 1 amide bonds. The second-order valence-corrected chi connectivity index (χ2v) is 9.00. The highest BCUT2D eigenvalue weighted by atomic mass is 16.3. The van der Waals surface area contributed by atoms with Gasteiger partial charge in [0.15, 0.2) is 5.82 Å². The first-order valence-electron chi connectivity index (χ1n) is 10.1. The van der Waals surface area contributed by atoms with Gasteiger partial charge in [-0.25, -0.2) is 9.67 Å². The third-order valence-corrected chi connectivity index (χ3v) is 5.51. The summed E-state index contributed by atoms with van der Waals surface area (Å²) < 4.78 is 7.67. The Kier molecular flexibility index (Phi) is 4.81. The van der Waals surface area contributed by atoms with E-state index in [-0.39, 0.29) is 23.3 Å². The summed E-state index contributed by atoms with van der Waals surface area (Å²) in [5, 5.41) is 7.72. The first kappa shape index (κ1) is 19.4. The third kappa shape index (κ3) is 3.71. The standard InChI is InChI=1S/C23H28N4O2/c1-14(2)21-17(13-25-27(21)20-8-6-7-9-24-20)22(28)26-18-11-23(4,5)12-19-16(18)10-15(3)29-19/h6-10,13-14,18H,11-12H2,1-5H3,(H,26,28). The Morgan fingerprint density at radius 2 is 2.14 bits per heavy atom. The van der Waals surface area contributed by atoms with Crippen molar-refractivity contribution >= 4 is 5.91 Å². The summed E-state index contributed by atoms with van der Waals surface area (Å²) in [4.78, 5) is 17.7. The molecule has 0 radical (unpaired) electrons. The molecule has 0 saturated carbocycles. The highest BCUT2D eigenvalue weighted by Gasteiger charge is 2.36. The summed E-state index contributed by atoms with van der Waals surface area (Å²) in [6.45, 7) is 10.5. The van der Waals surface area contributed by atoms with Gasteiger partial charge in [-0.1, -0.05) is 33.8 Å². The lowest BCUT2D eigenvalue weighted by Crippen LogP contribution is -2.36. The molecule has 0 aliphatic heterocycles. The van der Waals surface area contributed by atoms with Crippen LogP contribution in [0.2, 0.25) is 0 Å². The van der Waals surface area contributed by atoms with Crippen molar-refractivity contribution in [1.29, 1.82) is 0 Å². The van der Waals surface area contributed by atoms with Gasteiger partial charge in [-0.05, 0) is 42.9 Å². The maximum absolute atomic E-state index is 13.3. The number of amides is 1. The molecule has 3 heterocycles. The minimum absolute atomic E-state index is 0.0637. The lowest BCUT2D eigenvalue weighted by atomic mass is 9.74. The molecule has 6 heteroatoms. The Bertz CT molecular complexity index is 1030. The van der Waals surface area contributed by atoms with E-state index in [0.717, 1.165) is 35.6 Å². The summed E-state index contributed by atoms with van der Waals surface area (Å²) in [5.41, 5.74) is 2.61. The van der Waals surface area contributed by atoms with Crippen LogP contribution in [0.5, 0.6) is 0 Å². The monoisotopic (exact) mass is 392 g/mol. The molecule has 4 rings (SSSR count). The number of nitrogens with one attached hydrogen (secondary N) is 1. The third-order valence-electron chi connectivity index (χ3n) is 5.51. The summed E-state index contributed by atoms with van der Waals surface area (Å²) in [5.74, 6) is 2.59. The van der Waals surface area contributed by atoms with Crippen LogP contribution >= 0.6 is 0 Å². The Labute approximate surface area is 171 Å². The van der Waals surface area contributed by atoms with Crippen molar-refractivity contribution in [2.24, 2.45) is 5.41 Å². The zero-order valence-corrected chi connectivity index (χ0v) is 17.7. The van der Waals surface area contributed by atoms with E-state index in [2.05, 4.69) is 49.2 Å². The molecule has 152 valence electrons. The summed E-state index contributed by atoms with van der Waals surface area (Å²) >= 11 is 0. The van der Waals surface area contributed by atoms with Crippen molar-refractivity contribution in [3.8, 4) is 5.82 Å². The number of aromatic nitrogens is 3. The van der Waals surface area contributed by atoms with Crippen LogP contribution < -0.4 is 5.32 Å². The Hall–Kier alpha value is -2.89. The Balaban J connectivity index is 1.67. The summed E-state index contributed by atoms with van der Waals surface area (Å²) in [6, 6.07) is 7.66. The zero-order chi connectivity index (χ0) is 20.8. The van der Waals surface area contributed by atoms with E-state index in [1.54, 1.807) is 17.1 Å². The van der Waals surface area contributed by atoms with Crippen molar-refractivity contribution in [2.75, 3.05) is 0 Å². The van der Waals surface area contributed by atoms with Gasteiger partial charge in [-0.3, -0.25) is 4.79 Å². The van der Waals surface area contributed by atoms with Crippen LogP contribution in [-0.4, -0.2) is 20.7 Å². The van der Waals surface area contributed by atoms with E-state index in [9.17, 15) is 4.79 Å². The first-order chi connectivity index (χ1) is 13.7. The molecule has 29 heavy (non-hydrogen) atoms. The second-order valence-electron chi connectivity index (χ2n) is 9.00. The van der Waals surface area contributed by atoms with Gasteiger partial charge in [-0.15, -0.1) is 0 Å². The topological polar surface area (TPSA) is 73.0 Å².